The summed E-state index contributed by atoms with van der Waals surface area (Å²) in [7, 11) is 2.21. The van der Waals surface area contributed by atoms with Crippen LogP contribution in [0.1, 0.15) is 24.0 Å². The molecular weight excluding hydrogens is 466 g/mol. The summed E-state index contributed by atoms with van der Waals surface area (Å²) in [6.07, 6.45) is 3.09. The average Bonchev–Trinajstić information content (AvgIpc) is 2.81. The van der Waals surface area contributed by atoms with Crippen LogP contribution in [-0.2, 0) is 20.6 Å². The normalized spacial score (nSPS) is 11.2. The second-order valence-electron chi connectivity index (χ2n) is 6.99. The molecule has 186 valence electrons. The summed E-state index contributed by atoms with van der Waals surface area (Å²) in [5.41, 5.74) is 1.00. The minimum Gasteiger partial charge on any atom is -0.496 e. The molecule has 0 aliphatic rings. The molecular formula is C23H29NO9S. The highest BCUT2D eigenvalue weighted by molar-refractivity contribution is 7.88. The van der Waals surface area contributed by atoms with Gasteiger partial charge in [-0.05, 0) is 30.2 Å². The molecule has 0 aliphatic heterocycles. The van der Waals surface area contributed by atoms with Crippen molar-refractivity contribution in [1.82, 2.24) is 4.72 Å². The lowest BCUT2D eigenvalue weighted by atomic mass is 10.1. The van der Waals surface area contributed by atoms with Crippen molar-refractivity contribution >= 4 is 22.1 Å². The van der Waals surface area contributed by atoms with Crippen molar-refractivity contribution in [3.63, 3.8) is 0 Å². The molecule has 2 N–H and O–H groups in total. The maximum absolute atomic E-state index is 12.6. The van der Waals surface area contributed by atoms with Crippen LogP contribution in [0.15, 0.2) is 36.5 Å². The van der Waals surface area contributed by atoms with E-state index in [0.717, 1.165) is 0 Å². The van der Waals surface area contributed by atoms with Gasteiger partial charge >= 0.3 is 5.97 Å². The first-order valence-electron chi connectivity index (χ1n) is 10.2. The van der Waals surface area contributed by atoms with Crippen LogP contribution in [0, 0.1) is 0 Å². The lowest BCUT2D eigenvalue weighted by Gasteiger charge is -2.13. The topological polar surface area (TPSA) is 130 Å². The van der Waals surface area contributed by atoms with E-state index in [0.29, 0.717) is 46.3 Å². The zero-order valence-electron chi connectivity index (χ0n) is 19.5. The average molecular weight is 496 g/mol. The Hall–Kier alpha value is -3.60. The SMILES string of the molecule is COc1cc(OC)c(C=CNS(=O)(=O)Cc2ccc(OC)c(OCCCC(=O)O)c2)c(OC)c1. The summed E-state index contributed by atoms with van der Waals surface area (Å²) in [5.74, 6) is 0.958. The first kappa shape index (κ1) is 26.7. The van der Waals surface area contributed by atoms with E-state index < -0.39 is 16.0 Å². The van der Waals surface area contributed by atoms with Crippen LogP contribution >= 0.6 is 0 Å². The number of aliphatic carboxylic acids is 1. The van der Waals surface area contributed by atoms with Gasteiger partial charge in [-0.1, -0.05) is 6.07 Å². The van der Waals surface area contributed by atoms with Gasteiger partial charge < -0.3 is 28.8 Å². The molecule has 0 fully saturated rings. The molecule has 0 spiro atoms. The summed E-state index contributed by atoms with van der Waals surface area (Å²) < 4.78 is 54.4. The van der Waals surface area contributed by atoms with E-state index in [1.807, 2.05) is 0 Å². The Morgan fingerprint density at radius 2 is 1.59 bits per heavy atom. The van der Waals surface area contributed by atoms with Gasteiger partial charge in [0.1, 0.15) is 17.2 Å². The van der Waals surface area contributed by atoms with Crippen LogP contribution in [-0.4, -0.2) is 54.5 Å². The summed E-state index contributed by atoms with van der Waals surface area (Å²) in [6.45, 7) is 0.158. The van der Waals surface area contributed by atoms with Gasteiger partial charge in [-0.3, -0.25) is 9.52 Å². The summed E-state index contributed by atoms with van der Waals surface area (Å²) >= 11 is 0. The van der Waals surface area contributed by atoms with E-state index in [2.05, 4.69) is 4.72 Å². The van der Waals surface area contributed by atoms with E-state index in [1.54, 1.807) is 30.3 Å². The number of carboxylic acids is 1. The number of ether oxygens (including phenoxy) is 5. The van der Waals surface area contributed by atoms with Gasteiger partial charge in [-0.2, -0.15) is 0 Å². The highest BCUT2D eigenvalue weighted by atomic mass is 32.2. The molecule has 2 aromatic rings. The third kappa shape index (κ3) is 7.77. The molecule has 0 saturated heterocycles. The fourth-order valence-corrected chi connectivity index (χ4v) is 3.99. The maximum Gasteiger partial charge on any atom is 0.303 e. The Bertz CT molecular complexity index is 1090. The van der Waals surface area contributed by atoms with Crippen molar-refractivity contribution in [3.05, 3.63) is 47.7 Å². The first-order chi connectivity index (χ1) is 16.2. The van der Waals surface area contributed by atoms with Crippen molar-refractivity contribution in [2.24, 2.45) is 0 Å². The van der Waals surface area contributed by atoms with Gasteiger partial charge in [0.25, 0.3) is 0 Å². The van der Waals surface area contributed by atoms with Crippen molar-refractivity contribution in [2.75, 3.05) is 35.0 Å². The lowest BCUT2D eigenvalue weighted by molar-refractivity contribution is -0.137. The molecule has 0 atom stereocenters. The van der Waals surface area contributed by atoms with Crippen molar-refractivity contribution < 1.29 is 42.0 Å². The fraction of sp³-hybridized carbons (Fsp3) is 0.348. The van der Waals surface area contributed by atoms with Gasteiger partial charge in [0, 0.05) is 24.8 Å². The van der Waals surface area contributed by atoms with Crippen LogP contribution in [0.3, 0.4) is 0 Å². The number of rotatable bonds is 14. The second-order valence-corrected chi connectivity index (χ2v) is 8.74. The Balaban J connectivity index is 2.13. The number of carboxylic acid groups (broad SMARTS) is 1. The lowest BCUT2D eigenvalue weighted by Crippen LogP contribution is -2.19. The largest absolute Gasteiger partial charge is 0.496 e. The molecule has 0 aromatic heterocycles. The van der Waals surface area contributed by atoms with E-state index in [4.69, 9.17) is 28.8 Å². The van der Waals surface area contributed by atoms with Gasteiger partial charge in [0.15, 0.2) is 11.5 Å². The molecule has 2 aromatic carbocycles. The number of methoxy groups -OCH3 is 4. The highest BCUT2D eigenvalue weighted by Gasteiger charge is 2.14. The Labute approximate surface area is 199 Å². The summed E-state index contributed by atoms with van der Waals surface area (Å²) in [4.78, 5) is 10.6. The molecule has 10 nitrogen and oxygen atoms in total. The third-order valence-electron chi connectivity index (χ3n) is 4.63. The first-order valence-corrected chi connectivity index (χ1v) is 11.9. The maximum atomic E-state index is 12.6. The predicted octanol–water partition coefficient (Wildman–Crippen LogP) is 3.05. The van der Waals surface area contributed by atoms with Crippen LogP contribution < -0.4 is 28.4 Å². The predicted molar refractivity (Wildman–Crippen MR) is 126 cm³/mol. The van der Waals surface area contributed by atoms with Crippen LogP contribution in [0.5, 0.6) is 28.7 Å². The Morgan fingerprint density at radius 1 is 0.941 bits per heavy atom. The molecule has 0 heterocycles. The number of carbonyl (C=O) groups is 1. The van der Waals surface area contributed by atoms with Crippen molar-refractivity contribution in [3.8, 4) is 28.7 Å². The molecule has 34 heavy (non-hydrogen) atoms. The van der Waals surface area contributed by atoms with Crippen molar-refractivity contribution in [2.45, 2.75) is 18.6 Å². The molecule has 0 bridgehead atoms. The number of benzene rings is 2. The molecule has 0 radical (unpaired) electrons. The molecule has 2 rings (SSSR count). The van der Waals surface area contributed by atoms with Crippen molar-refractivity contribution in [1.29, 1.82) is 0 Å². The molecule has 0 unspecified atom stereocenters. The van der Waals surface area contributed by atoms with Gasteiger partial charge in [-0.15, -0.1) is 0 Å². The number of hydrogen-bond acceptors (Lipinski definition) is 8. The number of sulfonamides is 1. The zero-order chi connectivity index (χ0) is 25.1. The molecule has 0 saturated carbocycles. The van der Waals surface area contributed by atoms with Crippen LogP contribution in [0.4, 0.5) is 0 Å². The van der Waals surface area contributed by atoms with Gasteiger partial charge in [-0.25, -0.2) is 8.42 Å². The van der Waals surface area contributed by atoms with Gasteiger partial charge in [0.05, 0.1) is 46.4 Å². The van der Waals surface area contributed by atoms with E-state index >= 15 is 0 Å². The van der Waals surface area contributed by atoms with E-state index in [1.165, 1.54) is 40.7 Å². The summed E-state index contributed by atoms with van der Waals surface area (Å²) in [5, 5.41) is 8.73. The zero-order valence-corrected chi connectivity index (χ0v) is 20.3. The van der Waals surface area contributed by atoms with Crippen LogP contribution in [0.25, 0.3) is 6.08 Å². The second kappa shape index (κ2) is 12.6. The minimum atomic E-state index is -3.75. The number of nitrogens with one attached hydrogen (secondary N) is 1. The monoisotopic (exact) mass is 495 g/mol. The third-order valence-corrected chi connectivity index (χ3v) is 5.84. The fourth-order valence-electron chi connectivity index (χ4n) is 3.01. The Kier molecular flexibility index (Phi) is 9.87. The van der Waals surface area contributed by atoms with Crippen LogP contribution in [0.2, 0.25) is 0 Å². The summed E-state index contributed by atoms with van der Waals surface area (Å²) in [6, 6.07) is 8.08. The smallest absolute Gasteiger partial charge is 0.303 e. The van der Waals surface area contributed by atoms with Gasteiger partial charge in [0.2, 0.25) is 10.0 Å². The quantitative estimate of drug-likeness (QED) is 0.380. The highest BCUT2D eigenvalue weighted by Crippen LogP contribution is 2.35. The minimum absolute atomic E-state index is 0.0313. The standard InChI is InChI=1S/C23H29NO9S/c1-29-17-13-20(31-3)18(21(14-17)32-4)9-10-24-34(27,28)15-16-7-8-19(30-2)22(12-16)33-11-5-6-23(25)26/h7-10,12-14,24H,5-6,11,15H2,1-4H3,(H,25,26). The molecule has 11 heteroatoms. The molecule has 0 amide bonds. The van der Waals surface area contributed by atoms with E-state index in [-0.39, 0.29) is 18.8 Å². The molecule has 0 aliphatic carbocycles. The van der Waals surface area contributed by atoms with E-state index in [9.17, 15) is 13.2 Å². The number of hydrogen-bond donors (Lipinski definition) is 2. The Morgan fingerprint density at radius 3 is 2.15 bits per heavy atom.